The van der Waals surface area contributed by atoms with Gasteiger partial charge in [0, 0.05) is 10.9 Å². The Balaban J connectivity index is 2.14. The van der Waals surface area contributed by atoms with E-state index in [1.165, 1.54) is 0 Å². The smallest absolute Gasteiger partial charge is 0.178 e. The van der Waals surface area contributed by atoms with Crippen LogP contribution in [0.15, 0.2) is 57.6 Å². The fourth-order valence-corrected chi connectivity index (χ4v) is 2.78. The minimum atomic E-state index is 0.438. The summed E-state index contributed by atoms with van der Waals surface area (Å²) in [5.41, 5.74) is 4.03. The van der Waals surface area contributed by atoms with Crippen LogP contribution in [0.1, 0.15) is 5.56 Å². The SMILES string of the molecule is N#CCc1ccc(-c2c(Br)oc3ccccc23)cc1. The van der Waals surface area contributed by atoms with E-state index >= 15 is 0 Å². The number of furan rings is 1. The zero-order valence-corrected chi connectivity index (χ0v) is 11.6. The molecule has 92 valence electrons. The van der Waals surface area contributed by atoms with Crippen LogP contribution in [0.25, 0.3) is 22.1 Å². The van der Waals surface area contributed by atoms with Crippen molar-refractivity contribution >= 4 is 26.9 Å². The Morgan fingerprint density at radius 3 is 2.53 bits per heavy atom. The van der Waals surface area contributed by atoms with Crippen molar-refractivity contribution in [2.24, 2.45) is 0 Å². The maximum Gasteiger partial charge on any atom is 0.178 e. The van der Waals surface area contributed by atoms with Gasteiger partial charge < -0.3 is 4.42 Å². The predicted octanol–water partition coefficient (Wildman–Crippen LogP) is 4.93. The van der Waals surface area contributed by atoms with Crippen LogP contribution in [0, 0.1) is 11.3 Å². The molecule has 1 heterocycles. The Morgan fingerprint density at radius 2 is 1.79 bits per heavy atom. The molecule has 1 aromatic heterocycles. The van der Waals surface area contributed by atoms with Crippen molar-refractivity contribution in [3.05, 3.63) is 58.8 Å². The quantitative estimate of drug-likeness (QED) is 0.673. The van der Waals surface area contributed by atoms with Crippen molar-refractivity contribution in [2.75, 3.05) is 0 Å². The fraction of sp³-hybridized carbons (Fsp3) is 0.0625. The lowest BCUT2D eigenvalue weighted by atomic mass is 10.0. The summed E-state index contributed by atoms with van der Waals surface area (Å²) in [7, 11) is 0. The Labute approximate surface area is 119 Å². The number of halogens is 1. The molecule has 19 heavy (non-hydrogen) atoms. The molecular formula is C16H10BrNO. The van der Waals surface area contributed by atoms with Crippen LogP contribution in [0.3, 0.4) is 0 Å². The average molecular weight is 312 g/mol. The molecule has 0 amide bonds. The maximum absolute atomic E-state index is 8.69. The molecule has 0 radical (unpaired) electrons. The number of rotatable bonds is 2. The highest BCUT2D eigenvalue weighted by Gasteiger charge is 2.13. The summed E-state index contributed by atoms with van der Waals surface area (Å²) in [6.45, 7) is 0. The minimum Gasteiger partial charge on any atom is -0.449 e. The van der Waals surface area contributed by atoms with Crippen molar-refractivity contribution in [3.8, 4) is 17.2 Å². The summed E-state index contributed by atoms with van der Waals surface area (Å²) in [6, 6.07) is 18.1. The standard InChI is InChI=1S/C16H10BrNO/c17-16-15(13-3-1-2-4-14(13)19-16)12-7-5-11(6-8-12)9-10-18/h1-8H,9H2. The highest BCUT2D eigenvalue weighted by molar-refractivity contribution is 9.10. The molecule has 0 fully saturated rings. The molecule has 0 aliphatic heterocycles. The van der Waals surface area contributed by atoms with E-state index in [0.717, 1.165) is 32.3 Å². The Bertz CT molecular complexity index is 766. The third-order valence-electron chi connectivity index (χ3n) is 3.08. The van der Waals surface area contributed by atoms with E-state index in [4.69, 9.17) is 9.68 Å². The third kappa shape index (κ3) is 2.16. The Morgan fingerprint density at radius 1 is 1.05 bits per heavy atom. The first-order valence-corrected chi connectivity index (χ1v) is 6.72. The third-order valence-corrected chi connectivity index (χ3v) is 3.64. The van der Waals surface area contributed by atoms with E-state index in [0.29, 0.717) is 6.42 Å². The second-order valence-corrected chi connectivity index (χ2v) is 5.00. The van der Waals surface area contributed by atoms with Gasteiger partial charge in [-0.3, -0.25) is 0 Å². The first-order chi connectivity index (χ1) is 9.29. The highest BCUT2D eigenvalue weighted by atomic mass is 79.9. The molecule has 2 nitrogen and oxygen atoms in total. The van der Waals surface area contributed by atoms with E-state index in [2.05, 4.69) is 22.0 Å². The van der Waals surface area contributed by atoms with Crippen LogP contribution in [0.4, 0.5) is 0 Å². The predicted molar refractivity (Wildman–Crippen MR) is 78.7 cm³/mol. The molecule has 0 spiro atoms. The molecule has 0 saturated heterocycles. The molecule has 0 unspecified atom stereocenters. The fourth-order valence-electron chi connectivity index (χ4n) is 2.17. The molecule has 0 aliphatic rings. The summed E-state index contributed by atoms with van der Waals surface area (Å²) < 4.78 is 6.43. The largest absolute Gasteiger partial charge is 0.449 e. The van der Waals surface area contributed by atoms with Gasteiger partial charge >= 0.3 is 0 Å². The molecule has 3 aromatic rings. The van der Waals surface area contributed by atoms with E-state index in [1.54, 1.807) is 0 Å². The first kappa shape index (κ1) is 12.0. The lowest BCUT2D eigenvalue weighted by Crippen LogP contribution is -1.82. The lowest BCUT2D eigenvalue weighted by molar-refractivity contribution is 0.589. The minimum absolute atomic E-state index is 0.438. The van der Waals surface area contributed by atoms with Crippen LogP contribution < -0.4 is 0 Å². The summed E-state index contributed by atoms with van der Waals surface area (Å²) in [4.78, 5) is 0. The number of para-hydroxylation sites is 1. The number of fused-ring (bicyclic) bond motifs is 1. The van der Waals surface area contributed by atoms with Crippen molar-refractivity contribution in [1.82, 2.24) is 0 Å². The number of nitrogens with zero attached hydrogens (tertiary/aromatic N) is 1. The van der Waals surface area contributed by atoms with E-state index in [-0.39, 0.29) is 0 Å². The number of hydrogen-bond donors (Lipinski definition) is 0. The molecule has 3 heteroatoms. The van der Waals surface area contributed by atoms with Gasteiger partial charge in [-0.15, -0.1) is 0 Å². The molecule has 2 aromatic carbocycles. The zero-order valence-electron chi connectivity index (χ0n) is 10.1. The summed E-state index contributed by atoms with van der Waals surface area (Å²) in [6.07, 6.45) is 0.438. The number of hydrogen-bond acceptors (Lipinski definition) is 2. The first-order valence-electron chi connectivity index (χ1n) is 5.93. The van der Waals surface area contributed by atoms with Gasteiger partial charge in [-0.2, -0.15) is 5.26 Å². The normalized spacial score (nSPS) is 10.5. The Kier molecular flexibility index (Phi) is 3.10. The van der Waals surface area contributed by atoms with E-state index in [1.807, 2.05) is 48.5 Å². The highest BCUT2D eigenvalue weighted by Crippen LogP contribution is 2.37. The summed E-state index contributed by atoms with van der Waals surface area (Å²) >= 11 is 3.48. The van der Waals surface area contributed by atoms with Gasteiger partial charge in [-0.05, 0) is 33.1 Å². The second kappa shape index (κ2) is 4.91. The van der Waals surface area contributed by atoms with Gasteiger partial charge in [-0.25, -0.2) is 0 Å². The van der Waals surface area contributed by atoms with Crippen LogP contribution in [0.2, 0.25) is 0 Å². The maximum atomic E-state index is 8.69. The average Bonchev–Trinajstić information content (AvgIpc) is 2.76. The second-order valence-electron chi connectivity index (χ2n) is 4.28. The van der Waals surface area contributed by atoms with Crippen molar-refractivity contribution < 1.29 is 4.42 Å². The van der Waals surface area contributed by atoms with Crippen LogP contribution >= 0.6 is 15.9 Å². The topological polar surface area (TPSA) is 36.9 Å². The Hall–Kier alpha value is -2.05. The van der Waals surface area contributed by atoms with Gasteiger partial charge in [0.05, 0.1) is 12.5 Å². The van der Waals surface area contributed by atoms with E-state index < -0.39 is 0 Å². The summed E-state index contributed by atoms with van der Waals surface area (Å²) in [5, 5.41) is 9.77. The van der Waals surface area contributed by atoms with E-state index in [9.17, 15) is 0 Å². The number of benzene rings is 2. The van der Waals surface area contributed by atoms with Crippen LogP contribution in [0.5, 0.6) is 0 Å². The monoisotopic (exact) mass is 311 g/mol. The molecule has 0 aliphatic carbocycles. The van der Waals surface area contributed by atoms with Gasteiger partial charge in [0.15, 0.2) is 4.67 Å². The van der Waals surface area contributed by atoms with Gasteiger partial charge in [-0.1, -0.05) is 42.5 Å². The molecule has 3 rings (SSSR count). The van der Waals surface area contributed by atoms with Crippen LogP contribution in [-0.4, -0.2) is 0 Å². The van der Waals surface area contributed by atoms with Gasteiger partial charge in [0.1, 0.15) is 5.58 Å². The van der Waals surface area contributed by atoms with Crippen molar-refractivity contribution in [1.29, 1.82) is 5.26 Å². The summed E-state index contributed by atoms with van der Waals surface area (Å²) in [5.74, 6) is 0. The number of nitriles is 1. The molecular weight excluding hydrogens is 302 g/mol. The zero-order chi connectivity index (χ0) is 13.2. The van der Waals surface area contributed by atoms with Gasteiger partial charge in [0.2, 0.25) is 0 Å². The van der Waals surface area contributed by atoms with Crippen LogP contribution in [-0.2, 0) is 6.42 Å². The molecule has 0 N–H and O–H groups in total. The molecule has 0 saturated carbocycles. The molecule has 0 atom stereocenters. The van der Waals surface area contributed by atoms with Gasteiger partial charge in [0.25, 0.3) is 0 Å². The molecule has 0 bridgehead atoms. The van der Waals surface area contributed by atoms with Crippen molar-refractivity contribution in [2.45, 2.75) is 6.42 Å². The lowest BCUT2D eigenvalue weighted by Gasteiger charge is -2.01. The van der Waals surface area contributed by atoms with Crippen molar-refractivity contribution in [3.63, 3.8) is 0 Å².